The van der Waals surface area contributed by atoms with E-state index in [4.69, 9.17) is 9.47 Å². The summed E-state index contributed by atoms with van der Waals surface area (Å²) in [5.41, 5.74) is 1.66. The molecule has 0 aliphatic carbocycles. The van der Waals surface area contributed by atoms with Crippen molar-refractivity contribution in [3.05, 3.63) is 36.7 Å². The van der Waals surface area contributed by atoms with Crippen LogP contribution < -0.4 is 9.47 Å². The first-order valence-corrected chi connectivity index (χ1v) is 8.99. The van der Waals surface area contributed by atoms with Crippen LogP contribution in [-0.2, 0) is 4.79 Å². The van der Waals surface area contributed by atoms with Crippen molar-refractivity contribution < 1.29 is 14.3 Å². The Balaban J connectivity index is 1.83. The van der Waals surface area contributed by atoms with Gasteiger partial charge in [0, 0.05) is 12.0 Å². The van der Waals surface area contributed by atoms with Gasteiger partial charge in [-0.25, -0.2) is 9.97 Å². The molecule has 0 amide bonds. The summed E-state index contributed by atoms with van der Waals surface area (Å²) >= 11 is 0. The van der Waals surface area contributed by atoms with Gasteiger partial charge in [-0.2, -0.15) is 0 Å². The van der Waals surface area contributed by atoms with E-state index in [0.29, 0.717) is 13.0 Å². The van der Waals surface area contributed by atoms with E-state index in [1.807, 2.05) is 31.2 Å². The van der Waals surface area contributed by atoms with E-state index in [0.717, 1.165) is 29.8 Å². The van der Waals surface area contributed by atoms with Crippen molar-refractivity contribution in [1.82, 2.24) is 9.97 Å². The molecule has 0 atom stereocenters. The smallest absolute Gasteiger partial charge is 0.312 e. The van der Waals surface area contributed by atoms with Crippen molar-refractivity contribution in [2.24, 2.45) is 0 Å². The Morgan fingerprint density at radius 1 is 0.960 bits per heavy atom. The molecule has 0 saturated carbocycles. The van der Waals surface area contributed by atoms with E-state index in [2.05, 4.69) is 16.9 Å². The Hall–Kier alpha value is -2.43. The van der Waals surface area contributed by atoms with Gasteiger partial charge < -0.3 is 9.47 Å². The second-order valence-corrected chi connectivity index (χ2v) is 5.84. The fourth-order valence-electron chi connectivity index (χ4n) is 2.45. The third kappa shape index (κ3) is 6.53. The molecule has 25 heavy (non-hydrogen) atoms. The van der Waals surface area contributed by atoms with Gasteiger partial charge in [0.1, 0.15) is 5.75 Å². The lowest BCUT2D eigenvalue weighted by molar-refractivity contribution is -0.134. The van der Waals surface area contributed by atoms with Crippen LogP contribution in [0.25, 0.3) is 11.3 Å². The molecule has 0 aliphatic heterocycles. The van der Waals surface area contributed by atoms with Crippen LogP contribution in [0.4, 0.5) is 0 Å². The lowest BCUT2D eigenvalue weighted by atomic mass is 10.1. The average molecular weight is 342 g/mol. The zero-order valence-electron chi connectivity index (χ0n) is 15.0. The molecule has 0 radical (unpaired) electrons. The van der Waals surface area contributed by atoms with Crippen molar-refractivity contribution in [2.75, 3.05) is 6.61 Å². The standard InChI is InChI=1S/C20H26N2O3/c1-3-5-6-7-8-9-20(23)25-19-15-21-18(14-22-19)16-10-12-17(13-11-16)24-4-2/h10-15H,3-9H2,1-2H3. The number of aromatic nitrogens is 2. The number of rotatable bonds is 10. The summed E-state index contributed by atoms with van der Waals surface area (Å²) in [7, 11) is 0. The van der Waals surface area contributed by atoms with Crippen molar-refractivity contribution in [3.63, 3.8) is 0 Å². The normalized spacial score (nSPS) is 10.5. The minimum absolute atomic E-state index is 0.244. The van der Waals surface area contributed by atoms with Gasteiger partial charge >= 0.3 is 5.97 Å². The molecule has 5 heteroatoms. The Morgan fingerprint density at radius 3 is 2.36 bits per heavy atom. The van der Waals surface area contributed by atoms with Gasteiger partial charge in [0.05, 0.1) is 24.7 Å². The Morgan fingerprint density at radius 2 is 1.72 bits per heavy atom. The molecule has 0 aliphatic rings. The molecule has 2 aromatic rings. The second kappa shape index (κ2) is 10.4. The van der Waals surface area contributed by atoms with Crippen LogP contribution in [0.15, 0.2) is 36.7 Å². The van der Waals surface area contributed by atoms with E-state index < -0.39 is 0 Å². The van der Waals surface area contributed by atoms with Gasteiger partial charge in [-0.15, -0.1) is 0 Å². The van der Waals surface area contributed by atoms with Crippen LogP contribution >= 0.6 is 0 Å². The molecule has 0 spiro atoms. The maximum Gasteiger partial charge on any atom is 0.312 e. The quantitative estimate of drug-likeness (QED) is 0.458. The molecule has 0 bridgehead atoms. The first kappa shape index (κ1) is 18.9. The predicted octanol–water partition coefficient (Wildman–Crippen LogP) is 4.81. The van der Waals surface area contributed by atoms with E-state index >= 15 is 0 Å². The highest BCUT2D eigenvalue weighted by molar-refractivity contribution is 5.71. The first-order valence-electron chi connectivity index (χ1n) is 8.99. The summed E-state index contributed by atoms with van der Waals surface area (Å²) in [5.74, 6) is 0.816. The number of hydrogen-bond donors (Lipinski definition) is 0. The second-order valence-electron chi connectivity index (χ2n) is 5.84. The molecule has 1 aromatic heterocycles. The zero-order chi connectivity index (χ0) is 17.9. The van der Waals surface area contributed by atoms with Crippen LogP contribution in [-0.4, -0.2) is 22.5 Å². The minimum Gasteiger partial charge on any atom is -0.494 e. The molecular weight excluding hydrogens is 316 g/mol. The van der Waals surface area contributed by atoms with Crippen molar-refractivity contribution in [3.8, 4) is 22.9 Å². The highest BCUT2D eigenvalue weighted by Gasteiger charge is 2.07. The predicted molar refractivity (Wildman–Crippen MR) is 97.6 cm³/mol. The Kier molecular flexibility index (Phi) is 7.89. The number of carbonyl (C=O) groups is 1. The lowest BCUT2D eigenvalue weighted by Gasteiger charge is -2.06. The third-order valence-electron chi connectivity index (χ3n) is 3.79. The van der Waals surface area contributed by atoms with Crippen LogP contribution in [0.2, 0.25) is 0 Å². The minimum atomic E-state index is -0.250. The number of carbonyl (C=O) groups excluding carboxylic acids is 1. The molecular formula is C20H26N2O3. The molecule has 0 saturated heterocycles. The number of nitrogens with zero attached hydrogens (tertiary/aromatic N) is 2. The van der Waals surface area contributed by atoms with E-state index in [9.17, 15) is 4.79 Å². The third-order valence-corrected chi connectivity index (χ3v) is 3.79. The van der Waals surface area contributed by atoms with E-state index in [1.165, 1.54) is 25.5 Å². The summed E-state index contributed by atoms with van der Waals surface area (Å²) in [6, 6.07) is 7.65. The summed E-state index contributed by atoms with van der Waals surface area (Å²) in [4.78, 5) is 20.3. The van der Waals surface area contributed by atoms with E-state index in [-0.39, 0.29) is 11.8 Å². The highest BCUT2D eigenvalue weighted by atomic mass is 16.5. The SMILES string of the molecule is CCCCCCCC(=O)Oc1cnc(-c2ccc(OCC)cc2)cn1. The maximum absolute atomic E-state index is 11.8. The number of esters is 1. The van der Waals surface area contributed by atoms with Crippen LogP contribution in [0.5, 0.6) is 11.6 Å². The first-order chi connectivity index (χ1) is 12.2. The fourth-order valence-corrected chi connectivity index (χ4v) is 2.45. The van der Waals surface area contributed by atoms with E-state index in [1.54, 1.807) is 6.20 Å². The largest absolute Gasteiger partial charge is 0.494 e. The van der Waals surface area contributed by atoms with Gasteiger partial charge in [0.15, 0.2) is 0 Å². The average Bonchev–Trinajstić information content (AvgIpc) is 2.63. The summed E-state index contributed by atoms with van der Waals surface area (Å²) in [5, 5.41) is 0. The van der Waals surface area contributed by atoms with Crippen molar-refractivity contribution in [1.29, 1.82) is 0 Å². The van der Waals surface area contributed by atoms with Gasteiger partial charge in [-0.05, 0) is 37.6 Å². The summed E-state index contributed by atoms with van der Waals surface area (Å²) in [6.45, 7) is 4.76. The number of ether oxygens (including phenoxy) is 2. The van der Waals surface area contributed by atoms with Crippen molar-refractivity contribution >= 4 is 5.97 Å². The number of hydrogen-bond acceptors (Lipinski definition) is 5. The Bertz CT molecular complexity index is 639. The van der Waals surface area contributed by atoms with Crippen LogP contribution in [0.3, 0.4) is 0 Å². The van der Waals surface area contributed by atoms with Crippen molar-refractivity contribution in [2.45, 2.75) is 52.4 Å². The molecule has 0 N–H and O–H groups in total. The Labute approximate surface area is 149 Å². The molecule has 5 nitrogen and oxygen atoms in total. The van der Waals surface area contributed by atoms with Gasteiger partial charge in [-0.1, -0.05) is 32.6 Å². The van der Waals surface area contributed by atoms with Gasteiger partial charge in [0.25, 0.3) is 0 Å². The topological polar surface area (TPSA) is 61.3 Å². The van der Waals surface area contributed by atoms with Gasteiger partial charge in [0.2, 0.25) is 5.88 Å². The van der Waals surface area contributed by atoms with Gasteiger partial charge in [-0.3, -0.25) is 4.79 Å². The maximum atomic E-state index is 11.8. The fraction of sp³-hybridized carbons (Fsp3) is 0.450. The lowest BCUT2D eigenvalue weighted by Crippen LogP contribution is -2.08. The van der Waals surface area contributed by atoms with Crippen LogP contribution in [0.1, 0.15) is 52.4 Å². The monoisotopic (exact) mass is 342 g/mol. The summed E-state index contributed by atoms with van der Waals surface area (Å²) < 4.78 is 10.7. The highest BCUT2D eigenvalue weighted by Crippen LogP contribution is 2.21. The molecule has 2 rings (SSSR count). The molecule has 1 aromatic carbocycles. The molecule has 0 unspecified atom stereocenters. The molecule has 134 valence electrons. The molecule has 1 heterocycles. The molecule has 0 fully saturated rings. The number of unbranched alkanes of at least 4 members (excludes halogenated alkanes) is 4. The van der Waals surface area contributed by atoms with Crippen LogP contribution in [0, 0.1) is 0 Å². The summed E-state index contributed by atoms with van der Waals surface area (Å²) in [6.07, 6.45) is 9.02. The zero-order valence-corrected chi connectivity index (χ0v) is 15.0. The number of benzene rings is 1.